The number of rotatable bonds is 3. The molecule has 0 aliphatic carbocycles. The average Bonchev–Trinajstić information content (AvgIpc) is 2.92. The van der Waals surface area contributed by atoms with Gasteiger partial charge in [0, 0.05) is 4.88 Å². The van der Waals surface area contributed by atoms with E-state index in [0.717, 1.165) is 21.7 Å². The highest BCUT2D eigenvalue weighted by Crippen LogP contribution is 2.20. The first-order valence-corrected chi connectivity index (χ1v) is 7.60. The van der Waals surface area contributed by atoms with Crippen LogP contribution in [0.4, 0.5) is 0 Å². The van der Waals surface area contributed by atoms with Gasteiger partial charge in [-0.1, -0.05) is 36.8 Å². The molecule has 5 heteroatoms. The molecule has 0 unspecified atom stereocenters. The van der Waals surface area contributed by atoms with Crippen LogP contribution in [0.25, 0.3) is 10.2 Å². The quantitative estimate of drug-likeness (QED) is 0.697. The fourth-order valence-corrected chi connectivity index (χ4v) is 2.93. The van der Waals surface area contributed by atoms with Crippen molar-refractivity contribution in [3.8, 4) is 0 Å². The Bertz CT molecular complexity index is 859. The summed E-state index contributed by atoms with van der Waals surface area (Å²) in [6, 6.07) is 9.87. The molecule has 0 N–H and O–H groups in total. The van der Waals surface area contributed by atoms with Crippen molar-refractivity contribution < 1.29 is 0 Å². The summed E-state index contributed by atoms with van der Waals surface area (Å²) < 4.78 is 1.29. The smallest absolute Gasteiger partial charge is 0.267 e. The van der Waals surface area contributed by atoms with E-state index in [2.05, 4.69) is 17.0 Å². The van der Waals surface area contributed by atoms with Crippen LogP contribution in [0.15, 0.2) is 46.6 Å². The van der Waals surface area contributed by atoms with Crippen molar-refractivity contribution in [3.63, 3.8) is 0 Å². The average molecular weight is 297 g/mol. The van der Waals surface area contributed by atoms with Crippen molar-refractivity contribution >= 4 is 27.8 Å². The van der Waals surface area contributed by atoms with Crippen LogP contribution in [0.2, 0.25) is 0 Å². The third kappa shape index (κ3) is 2.78. The van der Waals surface area contributed by atoms with Gasteiger partial charge < -0.3 is 0 Å². The van der Waals surface area contributed by atoms with Crippen LogP contribution >= 0.6 is 11.3 Å². The van der Waals surface area contributed by atoms with Gasteiger partial charge in [-0.25, -0.2) is 4.98 Å². The van der Waals surface area contributed by atoms with Gasteiger partial charge in [-0.2, -0.15) is 9.78 Å². The molecular weight excluding hydrogens is 282 g/mol. The second-order valence-corrected chi connectivity index (χ2v) is 5.95. The van der Waals surface area contributed by atoms with Crippen molar-refractivity contribution in [2.75, 3.05) is 0 Å². The van der Waals surface area contributed by atoms with Gasteiger partial charge in [-0.3, -0.25) is 4.79 Å². The lowest BCUT2D eigenvalue weighted by Gasteiger charge is -1.97. The number of hydrogen-bond donors (Lipinski definition) is 0. The van der Waals surface area contributed by atoms with Gasteiger partial charge in [-0.15, -0.1) is 11.3 Å². The van der Waals surface area contributed by atoms with E-state index in [1.165, 1.54) is 16.6 Å². The minimum atomic E-state index is -0.126. The summed E-state index contributed by atoms with van der Waals surface area (Å²) in [5, 5.41) is 4.85. The Hall–Kier alpha value is -2.27. The molecule has 0 spiro atoms. The van der Waals surface area contributed by atoms with E-state index in [9.17, 15) is 4.79 Å². The van der Waals surface area contributed by atoms with Gasteiger partial charge in [-0.05, 0) is 25.0 Å². The molecule has 106 valence electrons. The van der Waals surface area contributed by atoms with E-state index < -0.39 is 0 Å². The van der Waals surface area contributed by atoms with Crippen LogP contribution in [0.1, 0.15) is 22.9 Å². The van der Waals surface area contributed by atoms with E-state index in [1.807, 2.05) is 37.3 Å². The molecule has 0 atom stereocenters. The van der Waals surface area contributed by atoms with Gasteiger partial charge in [0.25, 0.3) is 5.56 Å². The molecule has 0 aliphatic heterocycles. The summed E-state index contributed by atoms with van der Waals surface area (Å²) in [5.74, 6) is 0. The maximum Gasteiger partial charge on any atom is 0.282 e. The van der Waals surface area contributed by atoms with Gasteiger partial charge >= 0.3 is 0 Å². The van der Waals surface area contributed by atoms with Crippen LogP contribution in [-0.2, 0) is 6.42 Å². The van der Waals surface area contributed by atoms with Gasteiger partial charge in [0.15, 0.2) is 0 Å². The Morgan fingerprint density at radius 2 is 2.10 bits per heavy atom. The minimum absolute atomic E-state index is 0.126. The van der Waals surface area contributed by atoms with Crippen LogP contribution in [0.3, 0.4) is 0 Å². The molecule has 0 bridgehead atoms. The molecule has 21 heavy (non-hydrogen) atoms. The third-order valence-corrected chi connectivity index (χ3v) is 4.43. The monoisotopic (exact) mass is 297 g/mol. The lowest BCUT2D eigenvalue weighted by molar-refractivity contribution is 0.818. The molecule has 1 aromatic carbocycles. The van der Waals surface area contributed by atoms with E-state index >= 15 is 0 Å². The standard InChI is InChI=1S/C16H15N3OS/c1-3-13-8-14-15(21-13)17-10-19(16(14)20)18-9-12-6-4-11(2)5-7-12/h4-10H,3H2,1-2H3/b18-9+. The third-order valence-electron chi connectivity index (χ3n) is 3.24. The van der Waals surface area contributed by atoms with E-state index in [0.29, 0.717) is 5.39 Å². The van der Waals surface area contributed by atoms with Gasteiger partial charge in [0.05, 0.1) is 11.6 Å². The van der Waals surface area contributed by atoms with Crippen molar-refractivity contribution in [1.82, 2.24) is 9.66 Å². The molecular formula is C16H15N3OS. The number of fused-ring (bicyclic) bond motifs is 1. The van der Waals surface area contributed by atoms with Crippen molar-refractivity contribution in [2.24, 2.45) is 5.10 Å². The molecule has 3 rings (SSSR count). The molecule has 0 saturated carbocycles. The van der Waals surface area contributed by atoms with Crippen molar-refractivity contribution in [2.45, 2.75) is 20.3 Å². The van der Waals surface area contributed by atoms with Crippen molar-refractivity contribution in [1.29, 1.82) is 0 Å². The first kappa shape index (κ1) is 13.7. The zero-order valence-electron chi connectivity index (χ0n) is 11.9. The molecule has 0 aliphatic rings. The number of hydrogen-bond acceptors (Lipinski definition) is 4. The van der Waals surface area contributed by atoms with Crippen molar-refractivity contribution in [3.05, 3.63) is 63.0 Å². The Labute approximate surface area is 126 Å². The maximum atomic E-state index is 12.3. The normalized spacial score (nSPS) is 11.5. The molecule has 2 aromatic heterocycles. The van der Waals surface area contributed by atoms with E-state index in [-0.39, 0.29) is 5.56 Å². The molecule has 0 saturated heterocycles. The number of thiophene rings is 1. The molecule has 0 radical (unpaired) electrons. The Balaban J connectivity index is 1.99. The van der Waals surface area contributed by atoms with Crippen LogP contribution in [0, 0.1) is 6.92 Å². The highest BCUT2D eigenvalue weighted by Gasteiger charge is 2.07. The highest BCUT2D eigenvalue weighted by atomic mass is 32.1. The first-order valence-electron chi connectivity index (χ1n) is 6.78. The molecule has 2 heterocycles. The van der Waals surface area contributed by atoms with Crippen LogP contribution in [-0.4, -0.2) is 15.9 Å². The number of benzene rings is 1. The summed E-state index contributed by atoms with van der Waals surface area (Å²) in [6.07, 6.45) is 4.06. The predicted octanol–water partition coefficient (Wildman–Crippen LogP) is 3.21. The fourth-order valence-electron chi connectivity index (χ4n) is 2.00. The second kappa shape index (κ2) is 5.61. The van der Waals surface area contributed by atoms with E-state index in [4.69, 9.17) is 0 Å². The second-order valence-electron chi connectivity index (χ2n) is 4.83. The summed E-state index contributed by atoms with van der Waals surface area (Å²) in [6.45, 7) is 4.10. The first-order chi connectivity index (χ1) is 10.2. The lowest BCUT2D eigenvalue weighted by Crippen LogP contribution is -2.16. The topological polar surface area (TPSA) is 47.2 Å². The van der Waals surface area contributed by atoms with Crippen LogP contribution < -0.4 is 5.56 Å². The van der Waals surface area contributed by atoms with Crippen LogP contribution in [0.5, 0.6) is 0 Å². The van der Waals surface area contributed by atoms with Gasteiger partial charge in [0.2, 0.25) is 0 Å². The summed E-state index contributed by atoms with van der Waals surface area (Å²) in [7, 11) is 0. The molecule has 0 fully saturated rings. The summed E-state index contributed by atoms with van der Waals surface area (Å²) in [5.41, 5.74) is 2.02. The number of aromatic nitrogens is 2. The summed E-state index contributed by atoms with van der Waals surface area (Å²) >= 11 is 1.56. The SMILES string of the molecule is CCc1cc2c(=O)n(/N=C/c3ccc(C)cc3)cnc2s1. The highest BCUT2D eigenvalue weighted by molar-refractivity contribution is 7.18. The number of aryl methyl sites for hydroxylation is 2. The Morgan fingerprint density at radius 3 is 2.81 bits per heavy atom. The largest absolute Gasteiger partial charge is 0.282 e. The lowest BCUT2D eigenvalue weighted by atomic mass is 10.2. The predicted molar refractivity (Wildman–Crippen MR) is 87.4 cm³/mol. The van der Waals surface area contributed by atoms with E-state index in [1.54, 1.807) is 17.6 Å². The Morgan fingerprint density at radius 1 is 1.33 bits per heavy atom. The molecule has 0 amide bonds. The maximum absolute atomic E-state index is 12.3. The zero-order valence-corrected chi connectivity index (χ0v) is 12.7. The molecule has 3 aromatic rings. The van der Waals surface area contributed by atoms with Gasteiger partial charge in [0.1, 0.15) is 11.2 Å². The molecule has 4 nitrogen and oxygen atoms in total. The minimum Gasteiger partial charge on any atom is -0.267 e. The fraction of sp³-hybridized carbons (Fsp3) is 0.188. The number of nitrogens with zero attached hydrogens (tertiary/aromatic N) is 3. The summed E-state index contributed by atoms with van der Waals surface area (Å²) in [4.78, 5) is 18.6. The zero-order chi connectivity index (χ0) is 14.8. The Kier molecular flexibility index (Phi) is 3.66.